The molecule has 106 valence electrons. The van der Waals surface area contributed by atoms with Crippen molar-refractivity contribution in [3.05, 3.63) is 52.3 Å². The van der Waals surface area contributed by atoms with Crippen LogP contribution in [-0.2, 0) is 0 Å². The second-order valence-electron chi connectivity index (χ2n) is 5.18. The van der Waals surface area contributed by atoms with E-state index < -0.39 is 7.12 Å². The van der Waals surface area contributed by atoms with Gasteiger partial charge < -0.3 is 10.0 Å². The van der Waals surface area contributed by atoms with E-state index in [1.807, 2.05) is 25.1 Å². The Morgan fingerprint density at radius 3 is 2.67 bits per heavy atom. The first kappa shape index (κ1) is 14.3. The normalized spacial score (nSPS) is 12.3. The maximum atomic E-state index is 9.48. The van der Waals surface area contributed by atoms with Gasteiger partial charge in [0.15, 0.2) is 0 Å². The zero-order valence-electron chi connectivity index (χ0n) is 12.1. The van der Waals surface area contributed by atoms with Crippen LogP contribution < -0.4 is 0 Å². The minimum absolute atomic E-state index is 0.624. The van der Waals surface area contributed by atoms with E-state index in [2.05, 4.69) is 31.2 Å². The Labute approximate surface area is 128 Å². The summed E-state index contributed by atoms with van der Waals surface area (Å²) in [5.74, 6) is 0. The lowest BCUT2D eigenvalue weighted by Crippen LogP contribution is -2.14. The largest absolute Gasteiger partial charge is 0.484 e. The first-order chi connectivity index (χ1) is 10.1. The quantitative estimate of drug-likeness (QED) is 0.712. The van der Waals surface area contributed by atoms with Crippen LogP contribution in [0.3, 0.4) is 0 Å². The Kier molecular flexibility index (Phi) is 3.85. The topological polar surface area (TPSA) is 40.5 Å². The van der Waals surface area contributed by atoms with Gasteiger partial charge in [-0.15, -0.1) is 11.3 Å². The molecule has 0 aliphatic rings. The molecule has 0 atom stereocenters. The van der Waals surface area contributed by atoms with Crippen molar-refractivity contribution in [2.45, 2.75) is 20.3 Å². The second-order valence-corrected chi connectivity index (χ2v) is 6.43. The monoisotopic (exact) mass is 296 g/mol. The molecule has 0 bridgehead atoms. The number of fused-ring (bicyclic) bond motifs is 3. The first-order valence-electron chi connectivity index (χ1n) is 7.09. The van der Waals surface area contributed by atoms with Gasteiger partial charge in [0.2, 0.25) is 0 Å². The van der Waals surface area contributed by atoms with Crippen molar-refractivity contribution in [2.24, 2.45) is 0 Å². The molecule has 2 aromatic carbocycles. The third kappa shape index (κ3) is 2.51. The summed E-state index contributed by atoms with van der Waals surface area (Å²) in [7, 11) is -1.39. The van der Waals surface area contributed by atoms with Crippen LogP contribution in [0, 0.1) is 6.92 Å². The van der Waals surface area contributed by atoms with Crippen LogP contribution in [0.4, 0.5) is 0 Å². The fraction of sp³-hybridized carbons (Fsp3) is 0.176. The average Bonchev–Trinajstić information content (AvgIpc) is 2.80. The Balaban J connectivity index is 2.36. The summed E-state index contributed by atoms with van der Waals surface area (Å²) in [5.41, 5.74) is 1.75. The maximum absolute atomic E-state index is 9.48. The molecule has 1 aromatic heterocycles. The average molecular weight is 296 g/mol. The van der Waals surface area contributed by atoms with Gasteiger partial charge >= 0.3 is 7.12 Å². The molecule has 0 saturated heterocycles. The molecule has 0 amide bonds. The lowest BCUT2D eigenvalue weighted by molar-refractivity contribution is 0.417. The molecule has 0 spiro atoms. The van der Waals surface area contributed by atoms with Gasteiger partial charge in [-0.3, -0.25) is 0 Å². The minimum Gasteiger partial charge on any atom is -0.423 e. The third-order valence-electron chi connectivity index (χ3n) is 3.87. The van der Waals surface area contributed by atoms with Gasteiger partial charge in [-0.1, -0.05) is 43.3 Å². The molecule has 0 saturated carbocycles. The Morgan fingerprint density at radius 2 is 1.95 bits per heavy atom. The van der Waals surface area contributed by atoms with E-state index in [0.717, 1.165) is 5.56 Å². The highest BCUT2D eigenvalue weighted by Crippen LogP contribution is 2.37. The zero-order valence-corrected chi connectivity index (χ0v) is 12.9. The highest BCUT2D eigenvalue weighted by Gasteiger charge is 2.16. The molecule has 3 rings (SSSR count). The number of benzene rings is 2. The number of aryl methyl sites for hydroxylation is 1. The van der Waals surface area contributed by atoms with E-state index in [4.69, 9.17) is 0 Å². The fourth-order valence-corrected chi connectivity index (χ4v) is 3.79. The summed E-state index contributed by atoms with van der Waals surface area (Å²) in [6.45, 7) is 4.02. The predicted molar refractivity (Wildman–Crippen MR) is 92.5 cm³/mol. The molecule has 0 fully saturated rings. The summed E-state index contributed by atoms with van der Waals surface area (Å²) < 4.78 is 1.24. The number of rotatable bonds is 3. The smallest absolute Gasteiger partial charge is 0.423 e. The first-order valence-corrected chi connectivity index (χ1v) is 7.91. The zero-order chi connectivity index (χ0) is 15.0. The predicted octanol–water partition coefficient (Wildman–Crippen LogP) is 4.17. The highest BCUT2D eigenvalue weighted by atomic mass is 32.1. The van der Waals surface area contributed by atoms with Gasteiger partial charge in [-0.25, -0.2) is 0 Å². The van der Waals surface area contributed by atoms with Crippen molar-refractivity contribution in [3.63, 3.8) is 0 Å². The molecule has 0 unspecified atom stereocenters. The SMILES string of the molecule is CC/C(=C\c1c(C)sc2ccc3ccccc3c12)B(O)O. The molecule has 0 radical (unpaired) electrons. The standard InChI is InChI=1S/C17H17BO2S/c1-3-13(18(19)20)10-15-11(2)21-16-9-8-12-6-4-5-7-14(12)17(15)16/h4-10,19-20H,3H2,1-2H3/b13-10+. The van der Waals surface area contributed by atoms with Crippen molar-refractivity contribution in [1.29, 1.82) is 0 Å². The molecule has 2 nitrogen and oxygen atoms in total. The van der Waals surface area contributed by atoms with Crippen LogP contribution in [0.2, 0.25) is 0 Å². The van der Waals surface area contributed by atoms with Crippen LogP contribution in [0.25, 0.3) is 26.9 Å². The van der Waals surface area contributed by atoms with E-state index in [0.29, 0.717) is 11.9 Å². The molecule has 4 heteroatoms. The van der Waals surface area contributed by atoms with Crippen molar-refractivity contribution in [1.82, 2.24) is 0 Å². The molecular weight excluding hydrogens is 279 g/mol. The Bertz CT molecular complexity index is 833. The van der Waals surface area contributed by atoms with Gasteiger partial charge in [-0.2, -0.15) is 0 Å². The van der Waals surface area contributed by atoms with Gasteiger partial charge in [0.05, 0.1) is 0 Å². The van der Waals surface area contributed by atoms with Gasteiger partial charge in [0.25, 0.3) is 0 Å². The lowest BCUT2D eigenvalue weighted by atomic mass is 9.76. The summed E-state index contributed by atoms with van der Waals surface area (Å²) in [6.07, 6.45) is 2.56. The van der Waals surface area contributed by atoms with Crippen molar-refractivity contribution in [2.75, 3.05) is 0 Å². The van der Waals surface area contributed by atoms with E-state index in [1.54, 1.807) is 11.3 Å². The van der Waals surface area contributed by atoms with Crippen LogP contribution in [0.5, 0.6) is 0 Å². The third-order valence-corrected chi connectivity index (χ3v) is 4.96. The van der Waals surface area contributed by atoms with Crippen LogP contribution in [-0.4, -0.2) is 17.2 Å². The summed E-state index contributed by atoms with van der Waals surface area (Å²) in [5, 5.41) is 22.6. The molecule has 2 N–H and O–H groups in total. The van der Waals surface area contributed by atoms with E-state index in [1.165, 1.54) is 25.7 Å². The van der Waals surface area contributed by atoms with Crippen LogP contribution in [0.1, 0.15) is 23.8 Å². The second kappa shape index (κ2) is 5.64. The van der Waals surface area contributed by atoms with Gasteiger partial charge in [-0.05, 0) is 41.2 Å². The minimum atomic E-state index is -1.39. The van der Waals surface area contributed by atoms with E-state index in [9.17, 15) is 10.0 Å². The molecule has 0 aliphatic heterocycles. The van der Waals surface area contributed by atoms with E-state index >= 15 is 0 Å². The maximum Gasteiger partial charge on any atom is 0.484 e. The number of allylic oxidation sites excluding steroid dienone is 1. The summed E-state index contributed by atoms with van der Waals surface area (Å²) in [4.78, 5) is 1.20. The number of hydrogen-bond acceptors (Lipinski definition) is 3. The van der Waals surface area contributed by atoms with Crippen LogP contribution >= 0.6 is 11.3 Å². The van der Waals surface area contributed by atoms with Gasteiger partial charge in [0.1, 0.15) is 0 Å². The lowest BCUT2D eigenvalue weighted by Gasteiger charge is -2.05. The highest BCUT2D eigenvalue weighted by molar-refractivity contribution is 7.19. The van der Waals surface area contributed by atoms with Gasteiger partial charge in [0, 0.05) is 15.0 Å². The molecule has 1 heterocycles. The Hall–Kier alpha value is -1.62. The van der Waals surface area contributed by atoms with Crippen LogP contribution in [0.15, 0.2) is 41.9 Å². The van der Waals surface area contributed by atoms with Crippen molar-refractivity contribution < 1.29 is 10.0 Å². The summed E-state index contributed by atoms with van der Waals surface area (Å²) >= 11 is 1.75. The molecule has 3 aromatic rings. The Morgan fingerprint density at radius 1 is 1.19 bits per heavy atom. The van der Waals surface area contributed by atoms with Crippen molar-refractivity contribution in [3.8, 4) is 0 Å². The molecule has 0 aliphatic carbocycles. The fourth-order valence-electron chi connectivity index (χ4n) is 2.73. The molecule has 21 heavy (non-hydrogen) atoms. The van der Waals surface area contributed by atoms with E-state index in [-0.39, 0.29) is 0 Å². The summed E-state index contributed by atoms with van der Waals surface area (Å²) in [6, 6.07) is 12.6. The number of thiophene rings is 1. The number of hydrogen-bond donors (Lipinski definition) is 2. The molecular formula is C17H17BO2S. The van der Waals surface area contributed by atoms with Crippen molar-refractivity contribution >= 4 is 45.4 Å².